The molecule has 0 bridgehead atoms. The van der Waals surface area contributed by atoms with E-state index >= 15 is 0 Å². The number of carbonyl (C=O) groups is 2. The zero-order valence-corrected chi connectivity index (χ0v) is 10.7. The van der Waals surface area contributed by atoms with E-state index in [4.69, 9.17) is 0 Å². The van der Waals surface area contributed by atoms with Crippen LogP contribution < -0.4 is 5.32 Å². The van der Waals surface area contributed by atoms with Crippen LogP contribution in [0.2, 0.25) is 0 Å². The van der Waals surface area contributed by atoms with Crippen LogP contribution in [0.25, 0.3) is 0 Å². The van der Waals surface area contributed by atoms with Crippen molar-refractivity contribution < 1.29 is 14.7 Å². The summed E-state index contributed by atoms with van der Waals surface area (Å²) in [6.45, 7) is 0. The number of fused-ring (bicyclic) bond motifs is 1. The molecule has 0 saturated heterocycles. The fourth-order valence-corrected chi connectivity index (χ4v) is 3.35. The van der Waals surface area contributed by atoms with E-state index in [1.807, 2.05) is 18.2 Å². The van der Waals surface area contributed by atoms with E-state index in [0.29, 0.717) is 6.42 Å². The predicted molar refractivity (Wildman–Crippen MR) is 71.1 cm³/mol. The molecule has 2 aliphatic rings. The maximum Gasteiger partial charge on any atom is 0.311 e. The van der Waals surface area contributed by atoms with Crippen LogP contribution in [0.5, 0.6) is 0 Å². The third kappa shape index (κ3) is 2.23. The summed E-state index contributed by atoms with van der Waals surface area (Å²) in [6, 6.07) is 5.58. The first-order chi connectivity index (χ1) is 9.15. The van der Waals surface area contributed by atoms with Crippen molar-refractivity contribution in [2.75, 3.05) is 5.32 Å². The Morgan fingerprint density at radius 3 is 2.74 bits per heavy atom. The van der Waals surface area contributed by atoms with E-state index in [1.165, 1.54) is 0 Å². The van der Waals surface area contributed by atoms with Gasteiger partial charge in [0.25, 0.3) is 0 Å². The molecule has 0 spiro atoms. The van der Waals surface area contributed by atoms with Crippen LogP contribution in [0, 0.1) is 5.92 Å². The SMILES string of the molecule is O=C1Cc2cc(C(C(=O)O)C3CCCC3)ccc2N1. The van der Waals surface area contributed by atoms with E-state index < -0.39 is 11.9 Å². The smallest absolute Gasteiger partial charge is 0.311 e. The van der Waals surface area contributed by atoms with Gasteiger partial charge in [0.05, 0.1) is 12.3 Å². The molecule has 1 atom stereocenters. The summed E-state index contributed by atoms with van der Waals surface area (Å²) in [7, 11) is 0. The van der Waals surface area contributed by atoms with Gasteiger partial charge in [-0.05, 0) is 36.0 Å². The second kappa shape index (κ2) is 4.68. The van der Waals surface area contributed by atoms with E-state index in [-0.39, 0.29) is 11.8 Å². The molecule has 0 radical (unpaired) electrons. The summed E-state index contributed by atoms with van der Waals surface area (Å²) in [5.41, 5.74) is 2.59. The van der Waals surface area contributed by atoms with Crippen molar-refractivity contribution in [1.82, 2.24) is 0 Å². The van der Waals surface area contributed by atoms with Crippen LogP contribution in [0.15, 0.2) is 18.2 Å². The van der Waals surface area contributed by atoms with Crippen LogP contribution in [0.1, 0.15) is 42.7 Å². The maximum absolute atomic E-state index is 11.6. The van der Waals surface area contributed by atoms with Crippen molar-refractivity contribution in [1.29, 1.82) is 0 Å². The van der Waals surface area contributed by atoms with Crippen molar-refractivity contribution in [3.8, 4) is 0 Å². The number of anilines is 1. The minimum Gasteiger partial charge on any atom is -0.481 e. The van der Waals surface area contributed by atoms with Crippen LogP contribution in [-0.4, -0.2) is 17.0 Å². The lowest BCUT2D eigenvalue weighted by molar-refractivity contribution is -0.140. The minimum atomic E-state index is -0.746. The van der Waals surface area contributed by atoms with Gasteiger partial charge < -0.3 is 10.4 Å². The molecule has 4 heteroatoms. The van der Waals surface area contributed by atoms with Crippen molar-refractivity contribution in [3.05, 3.63) is 29.3 Å². The molecule has 4 nitrogen and oxygen atoms in total. The quantitative estimate of drug-likeness (QED) is 0.876. The Hall–Kier alpha value is -1.84. The zero-order chi connectivity index (χ0) is 13.4. The third-order valence-electron chi connectivity index (χ3n) is 4.25. The molecule has 19 heavy (non-hydrogen) atoms. The van der Waals surface area contributed by atoms with E-state index in [1.54, 1.807) is 0 Å². The van der Waals surface area contributed by atoms with Crippen LogP contribution in [0.4, 0.5) is 5.69 Å². The number of amides is 1. The molecule has 1 aliphatic carbocycles. The van der Waals surface area contributed by atoms with E-state index in [0.717, 1.165) is 42.5 Å². The number of hydrogen-bond donors (Lipinski definition) is 2. The molecule has 1 unspecified atom stereocenters. The number of aliphatic carboxylic acids is 1. The van der Waals surface area contributed by atoms with Gasteiger partial charge in [-0.1, -0.05) is 25.0 Å². The van der Waals surface area contributed by atoms with Crippen molar-refractivity contribution >= 4 is 17.6 Å². The number of carbonyl (C=O) groups excluding carboxylic acids is 1. The highest BCUT2D eigenvalue weighted by Gasteiger charge is 2.32. The molecule has 1 aromatic carbocycles. The molecule has 1 amide bonds. The molecule has 1 aromatic rings. The Balaban J connectivity index is 1.93. The van der Waals surface area contributed by atoms with Gasteiger partial charge in [-0.25, -0.2) is 0 Å². The largest absolute Gasteiger partial charge is 0.481 e. The number of benzene rings is 1. The van der Waals surface area contributed by atoms with Crippen LogP contribution in [0.3, 0.4) is 0 Å². The van der Waals surface area contributed by atoms with Crippen LogP contribution in [-0.2, 0) is 16.0 Å². The first-order valence-electron chi connectivity index (χ1n) is 6.80. The second-order valence-electron chi connectivity index (χ2n) is 5.50. The van der Waals surface area contributed by atoms with E-state index in [9.17, 15) is 14.7 Å². The van der Waals surface area contributed by atoms with Gasteiger partial charge in [0.1, 0.15) is 0 Å². The summed E-state index contributed by atoms with van der Waals surface area (Å²) in [6.07, 6.45) is 4.59. The standard InChI is InChI=1S/C15H17NO3/c17-13-8-11-7-10(5-6-12(11)16-13)14(15(18)19)9-3-1-2-4-9/h5-7,9,14H,1-4,8H2,(H,16,17)(H,18,19). The molecule has 1 aliphatic heterocycles. The third-order valence-corrected chi connectivity index (χ3v) is 4.25. The highest BCUT2D eigenvalue weighted by molar-refractivity contribution is 5.99. The number of carboxylic acid groups (broad SMARTS) is 1. The van der Waals surface area contributed by atoms with E-state index in [2.05, 4.69) is 5.32 Å². The average molecular weight is 259 g/mol. The lowest BCUT2D eigenvalue weighted by Gasteiger charge is -2.20. The molecular weight excluding hydrogens is 242 g/mol. The number of rotatable bonds is 3. The number of hydrogen-bond acceptors (Lipinski definition) is 2. The normalized spacial score (nSPS) is 20.1. The maximum atomic E-state index is 11.6. The minimum absolute atomic E-state index is 0.0140. The summed E-state index contributed by atoms with van der Waals surface area (Å²) < 4.78 is 0. The van der Waals surface area contributed by atoms with Gasteiger partial charge in [0, 0.05) is 5.69 Å². The molecular formula is C15H17NO3. The lowest BCUT2D eigenvalue weighted by atomic mass is 9.84. The van der Waals surface area contributed by atoms with Crippen molar-refractivity contribution in [2.45, 2.75) is 38.0 Å². The van der Waals surface area contributed by atoms with Gasteiger partial charge in [-0.15, -0.1) is 0 Å². The van der Waals surface area contributed by atoms with Gasteiger partial charge in [-0.2, -0.15) is 0 Å². The van der Waals surface area contributed by atoms with Crippen molar-refractivity contribution in [2.24, 2.45) is 5.92 Å². The summed E-state index contributed by atoms with van der Waals surface area (Å²) in [4.78, 5) is 22.9. The molecule has 3 rings (SSSR count). The van der Waals surface area contributed by atoms with Gasteiger partial charge in [-0.3, -0.25) is 9.59 Å². The predicted octanol–water partition coefficient (Wildman–Crippen LogP) is 2.54. The van der Waals surface area contributed by atoms with Gasteiger partial charge >= 0.3 is 5.97 Å². The molecule has 1 heterocycles. The Bertz CT molecular complexity index is 532. The zero-order valence-electron chi connectivity index (χ0n) is 10.7. The molecule has 0 aromatic heterocycles. The first kappa shape index (κ1) is 12.2. The first-order valence-corrected chi connectivity index (χ1v) is 6.80. The second-order valence-corrected chi connectivity index (χ2v) is 5.50. The average Bonchev–Trinajstić information content (AvgIpc) is 2.96. The Kier molecular flexibility index (Phi) is 3.01. The summed E-state index contributed by atoms with van der Waals surface area (Å²) in [5, 5.41) is 12.3. The molecule has 1 saturated carbocycles. The fourth-order valence-electron chi connectivity index (χ4n) is 3.35. The number of carboxylic acids is 1. The van der Waals surface area contributed by atoms with Crippen LogP contribution >= 0.6 is 0 Å². The highest BCUT2D eigenvalue weighted by Crippen LogP contribution is 2.39. The lowest BCUT2D eigenvalue weighted by Crippen LogP contribution is -2.19. The Morgan fingerprint density at radius 2 is 2.05 bits per heavy atom. The molecule has 2 N–H and O–H groups in total. The van der Waals surface area contributed by atoms with Gasteiger partial charge in [0.2, 0.25) is 5.91 Å². The summed E-state index contributed by atoms with van der Waals surface area (Å²) >= 11 is 0. The highest BCUT2D eigenvalue weighted by atomic mass is 16.4. The van der Waals surface area contributed by atoms with Gasteiger partial charge in [0.15, 0.2) is 0 Å². The Morgan fingerprint density at radius 1 is 1.32 bits per heavy atom. The molecule has 100 valence electrons. The summed E-state index contributed by atoms with van der Waals surface area (Å²) in [5.74, 6) is -0.951. The number of nitrogens with one attached hydrogen (secondary N) is 1. The Labute approximate surface area is 111 Å². The monoisotopic (exact) mass is 259 g/mol. The van der Waals surface area contributed by atoms with Crippen molar-refractivity contribution in [3.63, 3.8) is 0 Å². The molecule has 1 fully saturated rings. The topological polar surface area (TPSA) is 66.4 Å². The fraction of sp³-hybridized carbons (Fsp3) is 0.467.